The van der Waals surface area contributed by atoms with Gasteiger partial charge in [0, 0.05) is 6.26 Å². The van der Waals surface area contributed by atoms with Crippen molar-refractivity contribution in [2.45, 2.75) is 4.90 Å². The topological polar surface area (TPSA) is 61.8 Å². The van der Waals surface area contributed by atoms with Gasteiger partial charge in [0.1, 0.15) is 30.5 Å². The number of methoxy groups -OCH3 is 1. The molecule has 0 atom stereocenters. The molecule has 0 unspecified atom stereocenters. The van der Waals surface area contributed by atoms with E-state index < -0.39 is 9.84 Å². The molecule has 22 heavy (non-hydrogen) atoms. The van der Waals surface area contributed by atoms with Crippen LogP contribution < -0.4 is 14.2 Å². The highest BCUT2D eigenvalue weighted by Gasteiger charge is 2.07. The van der Waals surface area contributed by atoms with E-state index >= 15 is 0 Å². The van der Waals surface area contributed by atoms with Gasteiger partial charge in [0.05, 0.1) is 12.0 Å². The smallest absolute Gasteiger partial charge is 0.175 e. The zero-order valence-corrected chi connectivity index (χ0v) is 13.3. The molecule has 0 N–H and O–H groups in total. The molecule has 5 nitrogen and oxygen atoms in total. The van der Waals surface area contributed by atoms with Gasteiger partial charge >= 0.3 is 0 Å². The minimum absolute atomic E-state index is 0.237. The Morgan fingerprint density at radius 3 is 2.05 bits per heavy atom. The van der Waals surface area contributed by atoms with Crippen molar-refractivity contribution in [2.75, 3.05) is 26.6 Å². The average Bonchev–Trinajstić information content (AvgIpc) is 2.52. The molecule has 0 aliphatic carbocycles. The molecule has 0 fully saturated rings. The van der Waals surface area contributed by atoms with E-state index in [-0.39, 0.29) is 4.90 Å². The molecule has 0 aromatic heterocycles. The van der Waals surface area contributed by atoms with E-state index in [2.05, 4.69) is 0 Å². The van der Waals surface area contributed by atoms with Crippen molar-refractivity contribution in [3.8, 4) is 17.2 Å². The highest BCUT2D eigenvalue weighted by molar-refractivity contribution is 7.90. The number of hydrogen-bond acceptors (Lipinski definition) is 5. The van der Waals surface area contributed by atoms with Gasteiger partial charge in [-0.25, -0.2) is 8.42 Å². The van der Waals surface area contributed by atoms with E-state index in [1.54, 1.807) is 19.2 Å². The van der Waals surface area contributed by atoms with Crippen molar-refractivity contribution in [2.24, 2.45) is 0 Å². The maximum absolute atomic E-state index is 11.5. The first kappa shape index (κ1) is 16.2. The quantitative estimate of drug-likeness (QED) is 0.733. The molecule has 2 aromatic carbocycles. The van der Waals surface area contributed by atoms with Gasteiger partial charge in [0.15, 0.2) is 9.84 Å². The van der Waals surface area contributed by atoms with Crippen molar-refractivity contribution < 1.29 is 22.6 Å². The molecule has 2 aromatic rings. The molecular formula is C16H18O5S. The third kappa shape index (κ3) is 4.66. The van der Waals surface area contributed by atoms with Crippen LogP contribution in [0, 0.1) is 0 Å². The third-order valence-electron chi connectivity index (χ3n) is 2.91. The first-order valence-corrected chi connectivity index (χ1v) is 8.58. The zero-order valence-electron chi connectivity index (χ0n) is 12.5. The lowest BCUT2D eigenvalue weighted by atomic mass is 10.3. The first-order valence-electron chi connectivity index (χ1n) is 6.69. The second-order valence-corrected chi connectivity index (χ2v) is 6.64. The van der Waals surface area contributed by atoms with Crippen LogP contribution in [0.4, 0.5) is 0 Å². The molecule has 2 rings (SSSR count). The Kier molecular flexibility index (Phi) is 5.27. The van der Waals surface area contributed by atoms with Crippen LogP contribution >= 0.6 is 0 Å². The Hall–Kier alpha value is -2.21. The van der Waals surface area contributed by atoms with Gasteiger partial charge in [-0.1, -0.05) is 6.07 Å². The number of hydrogen-bond donors (Lipinski definition) is 0. The average molecular weight is 322 g/mol. The van der Waals surface area contributed by atoms with Crippen LogP contribution in [0.25, 0.3) is 0 Å². The summed E-state index contributed by atoms with van der Waals surface area (Å²) in [5, 5.41) is 0. The van der Waals surface area contributed by atoms with Crippen LogP contribution in [-0.2, 0) is 9.84 Å². The molecule has 0 aliphatic heterocycles. The molecule has 0 aliphatic rings. The van der Waals surface area contributed by atoms with Crippen molar-refractivity contribution in [3.05, 3.63) is 48.5 Å². The molecular weight excluding hydrogens is 304 g/mol. The SMILES string of the molecule is COc1ccc(OCCOc2cccc(S(C)(=O)=O)c2)cc1. The van der Waals surface area contributed by atoms with Crippen LogP contribution in [0.2, 0.25) is 0 Å². The summed E-state index contributed by atoms with van der Waals surface area (Å²) < 4.78 is 39.0. The highest BCUT2D eigenvalue weighted by Crippen LogP contribution is 2.18. The van der Waals surface area contributed by atoms with E-state index in [0.29, 0.717) is 24.7 Å². The summed E-state index contributed by atoms with van der Waals surface area (Å²) in [5.74, 6) is 1.98. The Bertz CT molecular complexity index is 708. The van der Waals surface area contributed by atoms with Crippen LogP contribution in [0.5, 0.6) is 17.2 Å². The zero-order chi connectivity index (χ0) is 16.0. The van der Waals surface area contributed by atoms with E-state index in [0.717, 1.165) is 5.75 Å². The van der Waals surface area contributed by atoms with E-state index in [9.17, 15) is 8.42 Å². The Morgan fingerprint density at radius 1 is 0.864 bits per heavy atom. The fourth-order valence-electron chi connectivity index (χ4n) is 1.79. The number of sulfone groups is 1. The summed E-state index contributed by atoms with van der Waals surface area (Å²) in [6.45, 7) is 0.675. The van der Waals surface area contributed by atoms with Gasteiger partial charge < -0.3 is 14.2 Å². The number of ether oxygens (including phenoxy) is 3. The fraction of sp³-hybridized carbons (Fsp3) is 0.250. The minimum atomic E-state index is -3.23. The van der Waals surface area contributed by atoms with Gasteiger partial charge in [-0.2, -0.15) is 0 Å². The van der Waals surface area contributed by atoms with Crippen molar-refractivity contribution >= 4 is 9.84 Å². The Balaban J connectivity index is 1.83. The lowest BCUT2D eigenvalue weighted by Crippen LogP contribution is -2.09. The largest absolute Gasteiger partial charge is 0.497 e. The fourth-order valence-corrected chi connectivity index (χ4v) is 2.44. The van der Waals surface area contributed by atoms with E-state index in [4.69, 9.17) is 14.2 Å². The van der Waals surface area contributed by atoms with Gasteiger partial charge in [0.25, 0.3) is 0 Å². The van der Waals surface area contributed by atoms with Crippen LogP contribution in [-0.4, -0.2) is 35.0 Å². The van der Waals surface area contributed by atoms with Crippen LogP contribution in [0.3, 0.4) is 0 Å². The van der Waals surface area contributed by atoms with Crippen molar-refractivity contribution in [1.29, 1.82) is 0 Å². The normalized spacial score (nSPS) is 11.0. The molecule has 0 heterocycles. The summed E-state index contributed by atoms with van der Waals surface area (Å²) in [4.78, 5) is 0.237. The first-order chi connectivity index (χ1) is 10.5. The summed E-state index contributed by atoms with van der Waals surface area (Å²) in [6.07, 6.45) is 1.17. The standard InChI is InChI=1S/C16H18O5S/c1-19-13-6-8-14(9-7-13)20-10-11-21-15-4-3-5-16(12-15)22(2,17)18/h3-9,12H,10-11H2,1-2H3. The Labute approximate surface area is 130 Å². The third-order valence-corrected chi connectivity index (χ3v) is 4.02. The van der Waals surface area contributed by atoms with Crippen LogP contribution in [0.15, 0.2) is 53.4 Å². The molecule has 6 heteroatoms. The van der Waals surface area contributed by atoms with Gasteiger partial charge in [-0.15, -0.1) is 0 Å². The molecule has 118 valence electrons. The minimum Gasteiger partial charge on any atom is -0.497 e. The molecule has 0 amide bonds. The van der Waals surface area contributed by atoms with Gasteiger partial charge in [-0.3, -0.25) is 0 Å². The van der Waals surface area contributed by atoms with Gasteiger partial charge in [0.2, 0.25) is 0 Å². The summed E-state index contributed by atoms with van der Waals surface area (Å²) in [5.41, 5.74) is 0. The molecule has 0 saturated carbocycles. The maximum atomic E-state index is 11.5. The van der Waals surface area contributed by atoms with Gasteiger partial charge in [-0.05, 0) is 42.5 Å². The summed E-state index contributed by atoms with van der Waals surface area (Å²) in [6, 6.07) is 13.6. The lowest BCUT2D eigenvalue weighted by molar-refractivity contribution is 0.216. The van der Waals surface area contributed by atoms with E-state index in [1.807, 2.05) is 24.3 Å². The van der Waals surface area contributed by atoms with Crippen molar-refractivity contribution in [3.63, 3.8) is 0 Å². The van der Waals surface area contributed by atoms with E-state index in [1.165, 1.54) is 18.4 Å². The predicted octanol–water partition coefficient (Wildman–Crippen LogP) is 2.56. The highest BCUT2D eigenvalue weighted by atomic mass is 32.2. The second-order valence-electron chi connectivity index (χ2n) is 4.62. The monoisotopic (exact) mass is 322 g/mol. The number of benzene rings is 2. The number of rotatable bonds is 7. The maximum Gasteiger partial charge on any atom is 0.175 e. The predicted molar refractivity (Wildman–Crippen MR) is 83.5 cm³/mol. The molecule has 0 saturated heterocycles. The molecule has 0 bridgehead atoms. The van der Waals surface area contributed by atoms with Crippen LogP contribution in [0.1, 0.15) is 0 Å². The molecule has 0 spiro atoms. The summed E-state index contributed by atoms with van der Waals surface area (Å²) in [7, 11) is -1.62. The Morgan fingerprint density at radius 2 is 1.45 bits per heavy atom. The van der Waals surface area contributed by atoms with Crippen molar-refractivity contribution in [1.82, 2.24) is 0 Å². The molecule has 0 radical (unpaired) electrons. The lowest BCUT2D eigenvalue weighted by Gasteiger charge is -2.09. The second kappa shape index (κ2) is 7.17. The summed E-state index contributed by atoms with van der Waals surface area (Å²) >= 11 is 0.